The van der Waals surface area contributed by atoms with Crippen LogP contribution in [0.15, 0.2) is 66.7 Å². The second kappa shape index (κ2) is 13.9. The normalized spacial score (nSPS) is 23.9. The van der Waals surface area contributed by atoms with E-state index in [1.54, 1.807) is 46.2 Å². The summed E-state index contributed by atoms with van der Waals surface area (Å²) in [6, 6.07) is 16.4. The standard InChI is InChI=1S/C43H43F5N8/c44-28-22-36-34(51-41(53-36)32-8-4-14-49-32)20-26(28)38-10-11-39(27-21-35-37(23-29(27)45)54-42(52-35)33-9-5-15-50-33)56(38)25-18-30(46)40(31(47)19-25)55-16-12-43(48,13-17-55)24-6-2-1-3-7-24/h1-3,6-7,18-23,32-33,38-39,49-50H,4-5,8-17H2,(H,51,53)(H,52,54)/t32-,33-,38+,39+/m0/s1. The number of rotatable bonds is 7. The molecular weight excluding hydrogens is 724 g/mol. The highest BCUT2D eigenvalue weighted by atomic mass is 19.2. The van der Waals surface area contributed by atoms with Gasteiger partial charge in [0.25, 0.3) is 0 Å². The lowest BCUT2D eigenvalue weighted by atomic mass is 9.86. The zero-order valence-corrected chi connectivity index (χ0v) is 30.8. The number of imidazole rings is 2. The van der Waals surface area contributed by atoms with Crippen molar-refractivity contribution >= 4 is 33.4 Å². The Balaban J connectivity index is 1.03. The molecule has 290 valence electrons. The number of nitrogens with one attached hydrogen (secondary N) is 4. The van der Waals surface area contributed by atoms with Gasteiger partial charge in [0.2, 0.25) is 0 Å². The second-order valence-electron chi connectivity index (χ2n) is 15.9. The third-order valence-corrected chi connectivity index (χ3v) is 12.6. The molecule has 4 aliphatic heterocycles. The van der Waals surface area contributed by atoms with E-state index in [0.29, 0.717) is 51.6 Å². The summed E-state index contributed by atoms with van der Waals surface area (Å²) in [6.07, 6.45) is 4.83. The van der Waals surface area contributed by atoms with Crippen LogP contribution in [0.4, 0.5) is 33.3 Å². The number of aromatic amines is 2. The van der Waals surface area contributed by atoms with Crippen molar-refractivity contribution in [1.29, 1.82) is 0 Å². The fourth-order valence-electron chi connectivity index (χ4n) is 9.71. The average Bonchev–Trinajstić information content (AvgIpc) is 4.05. The molecule has 56 heavy (non-hydrogen) atoms. The van der Waals surface area contributed by atoms with Crippen molar-refractivity contribution in [1.82, 2.24) is 30.6 Å². The van der Waals surface area contributed by atoms with Crippen LogP contribution in [0.3, 0.4) is 0 Å². The second-order valence-corrected chi connectivity index (χ2v) is 15.9. The van der Waals surface area contributed by atoms with E-state index in [-0.39, 0.29) is 49.4 Å². The molecule has 0 spiro atoms. The number of aromatic nitrogens is 4. The van der Waals surface area contributed by atoms with Crippen molar-refractivity contribution in [2.45, 2.75) is 81.2 Å². The van der Waals surface area contributed by atoms with E-state index < -0.39 is 41.0 Å². The van der Waals surface area contributed by atoms with Crippen molar-refractivity contribution in [2.75, 3.05) is 36.0 Å². The summed E-state index contributed by atoms with van der Waals surface area (Å²) in [4.78, 5) is 19.4. The van der Waals surface area contributed by atoms with Gasteiger partial charge in [-0.1, -0.05) is 30.3 Å². The summed E-state index contributed by atoms with van der Waals surface area (Å²) in [7, 11) is 0. The minimum atomic E-state index is -1.59. The van der Waals surface area contributed by atoms with Crippen LogP contribution in [-0.4, -0.2) is 46.1 Å². The van der Waals surface area contributed by atoms with Gasteiger partial charge in [0.15, 0.2) is 11.6 Å². The molecule has 6 aromatic rings. The summed E-state index contributed by atoms with van der Waals surface area (Å²) in [5, 5.41) is 6.84. The van der Waals surface area contributed by atoms with Gasteiger partial charge in [-0.3, -0.25) is 0 Å². The number of piperidine rings is 1. The van der Waals surface area contributed by atoms with Crippen LogP contribution in [0.5, 0.6) is 0 Å². The SMILES string of the molecule is Fc1cc2nc([C@@H]3CCCN3)[nH]c2cc1[C@H]1CC[C@H](c2cc3[nH]c([C@@H]4CCCN4)nc3cc2F)N1c1cc(F)c(N2CCC(F)(c3ccccc3)CC2)c(F)c1. The lowest BCUT2D eigenvalue weighted by Gasteiger charge is -2.38. The Morgan fingerprint density at radius 2 is 1.14 bits per heavy atom. The predicted molar refractivity (Wildman–Crippen MR) is 206 cm³/mol. The maximum atomic E-state index is 16.4. The largest absolute Gasteiger partial charge is 0.367 e. The molecule has 4 atom stereocenters. The third-order valence-electron chi connectivity index (χ3n) is 12.6. The Morgan fingerprint density at radius 1 is 0.625 bits per heavy atom. The quantitative estimate of drug-likeness (QED) is 0.121. The van der Waals surface area contributed by atoms with E-state index >= 15 is 22.0 Å². The third kappa shape index (κ3) is 6.10. The molecule has 4 N–H and O–H groups in total. The van der Waals surface area contributed by atoms with Gasteiger partial charge in [-0.15, -0.1) is 0 Å². The molecular formula is C43H43F5N8. The average molecular weight is 767 g/mol. The maximum Gasteiger partial charge on any atom is 0.151 e. The van der Waals surface area contributed by atoms with Crippen molar-refractivity contribution in [3.63, 3.8) is 0 Å². The van der Waals surface area contributed by atoms with E-state index in [1.165, 1.54) is 24.3 Å². The monoisotopic (exact) mass is 766 g/mol. The van der Waals surface area contributed by atoms with Crippen molar-refractivity contribution in [3.05, 3.63) is 118 Å². The highest BCUT2D eigenvalue weighted by Gasteiger charge is 2.41. The van der Waals surface area contributed by atoms with E-state index in [4.69, 9.17) is 0 Å². The van der Waals surface area contributed by atoms with E-state index in [1.807, 2.05) is 6.07 Å². The van der Waals surface area contributed by atoms with Crippen molar-refractivity contribution in [3.8, 4) is 0 Å². The summed E-state index contributed by atoms with van der Waals surface area (Å²) < 4.78 is 81.4. The van der Waals surface area contributed by atoms with Crippen LogP contribution in [0.2, 0.25) is 0 Å². The highest BCUT2D eigenvalue weighted by Crippen LogP contribution is 2.50. The molecule has 0 saturated carbocycles. The van der Waals surface area contributed by atoms with Crippen LogP contribution in [-0.2, 0) is 5.67 Å². The molecule has 0 amide bonds. The first-order chi connectivity index (χ1) is 27.2. The Hall–Kier alpha value is -5.01. The smallest absolute Gasteiger partial charge is 0.151 e. The van der Waals surface area contributed by atoms with Crippen LogP contribution in [0, 0.1) is 23.3 Å². The Morgan fingerprint density at radius 3 is 1.62 bits per heavy atom. The number of fused-ring (bicyclic) bond motifs is 2. The van der Waals surface area contributed by atoms with Gasteiger partial charge >= 0.3 is 0 Å². The minimum Gasteiger partial charge on any atom is -0.367 e. The number of nitrogens with zero attached hydrogens (tertiary/aromatic N) is 4. The fourth-order valence-corrected chi connectivity index (χ4v) is 9.71. The van der Waals surface area contributed by atoms with Crippen molar-refractivity contribution < 1.29 is 22.0 Å². The van der Waals surface area contributed by atoms with Crippen LogP contribution < -0.4 is 20.4 Å². The number of halogens is 5. The lowest BCUT2D eigenvalue weighted by Crippen LogP contribution is -2.41. The first kappa shape index (κ1) is 35.4. The number of hydrogen-bond donors (Lipinski definition) is 4. The summed E-state index contributed by atoms with van der Waals surface area (Å²) >= 11 is 0. The predicted octanol–water partition coefficient (Wildman–Crippen LogP) is 9.39. The van der Waals surface area contributed by atoms with Crippen molar-refractivity contribution in [2.24, 2.45) is 0 Å². The minimum absolute atomic E-state index is 0.0515. The van der Waals surface area contributed by atoms with Gasteiger partial charge in [-0.25, -0.2) is 31.9 Å². The van der Waals surface area contributed by atoms with E-state index in [2.05, 4.69) is 30.6 Å². The van der Waals surface area contributed by atoms with E-state index in [0.717, 1.165) is 50.4 Å². The fraction of sp³-hybridized carbons (Fsp3) is 0.395. The highest BCUT2D eigenvalue weighted by molar-refractivity contribution is 5.78. The first-order valence-corrected chi connectivity index (χ1v) is 19.8. The molecule has 4 saturated heterocycles. The summed E-state index contributed by atoms with van der Waals surface area (Å²) in [5.41, 5.74) is 1.85. The lowest BCUT2D eigenvalue weighted by molar-refractivity contribution is 0.124. The first-order valence-electron chi connectivity index (χ1n) is 19.8. The van der Waals surface area contributed by atoms with Gasteiger partial charge in [0.05, 0.1) is 46.2 Å². The zero-order chi connectivity index (χ0) is 38.1. The van der Waals surface area contributed by atoms with Crippen LogP contribution in [0.25, 0.3) is 22.1 Å². The Bertz CT molecular complexity index is 2280. The maximum absolute atomic E-state index is 16.4. The topological polar surface area (TPSA) is 87.9 Å². The molecule has 0 radical (unpaired) electrons. The van der Waals surface area contributed by atoms with Crippen LogP contribution in [0.1, 0.15) is 104 Å². The van der Waals surface area contributed by atoms with Gasteiger partial charge in [0.1, 0.15) is 34.6 Å². The molecule has 0 aliphatic carbocycles. The molecule has 0 bridgehead atoms. The van der Waals surface area contributed by atoms with Gasteiger partial charge in [-0.05, 0) is 81.4 Å². The molecule has 6 heterocycles. The van der Waals surface area contributed by atoms with Gasteiger partial charge in [0, 0.05) is 54.9 Å². The zero-order valence-electron chi connectivity index (χ0n) is 30.8. The van der Waals surface area contributed by atoms with Crippen LogP contribution >= 0.6 is 0 Å². The summed E-state index contributed by atoms with van der Waals surface area (Å²) in [6.45, 7) is 2.00. The van der Waals surface area contributed by atoms with E-state index in [9.17, 15) is 0 Å². The molecule has 4 fully saturated rings. The van der Waals surface area contributed by atoms with Gasteiger partial charge in [-0.2, -0.15) is 0 Å². The summed E-state index contributed by atoms with van der Waals surface area (Å²) in [5.74, 6) is -1.14. The molecule has 4 aliphatic rings. The Kier molecular flexibility index (Phi) is 8.77. The molecule has 0 unspecified atom stereocenters. The molecule has 10 rings (SSSR count). The number of H-pyrrole nitrogens is 2. The Labute approximate surface area is 320 Å². The molecule has 2 aromatic heterocycles. The molecule has 4 aromatic carbocycles. The number of benzene rings is 4. The molecule has 8 nitrogen and oxygen atoms in total. The number of hydrogen-bond acceptors (Lipinski definition) is 6. The van der Waals surface area contributed by atoms with Gasteiger partial charge < -0.3 is 30.4 Å². The number of alkyl halides is 1. The number of anilines is 2. The molecule has 13 heteroatoms.